The first-order valence-corrected chi connectivity index (χ1v) is 5.17. The Morgan fingerprint density at radius 1 is 1.38 bits per heavy atom. The van der Waals surface area contributed by atoms with Crippen LogP contribution in [-0.2, 0) is 13.1 Å². The number of hydrogen-bond donors (Lipinski definition) is 1. The van der Waals surface area contributed by atoms with E-state index >= 15 is 0 Å². The number of nitrogens with two attached hydrogens (primary N) is 1. The summed E-state index contributed by atoms with van der Waals surface area (Å²) in [7, 11) is 1.67. The SMILES string of the molecule is COc1ccccc1Cn1cc(CN)cn1. The standard InChI is InChI=1S/C12H15N3O/c1-16-12-5-3-2-4-11(12)9-15-8-10(6-13)7-14-15/h2-5,7-8H,6,9,13H2,1H3. The Hall–Kier alpha value is -1.81. The van der Waals surface area contributed by atoms with Crippen molar-refractivity contribution in [3.05, 3.63) is 47.8 Å². The van der Waals surface area contributed by atoms with Crippen LogP contribution in [0.1, 0.15) is 11.1 Å². The Morgan fingerprint density at radius 3 is 2.88 bits per heavy atom. The van der Waals surface area contributed by atoms with Gasteiger partial charge in [0.15, 0.2) is 0 Å². The van der Waals surface area contributed by atoms with Crippen molar-refractivity contribution in [2.45, 2.75) is 13.1 Å². The second kappa shape index (κ2) is 4.81. The van der Waals surface area contributed by atoms with Gasteiger partial charge in [-0.1, -0.05) is 18.2 Å². The molecule has 0 radical (unpaired) electrons. The third kappa shape index (κ3) is 2.23. The van der Waals surface area contributed by atoms with E-state index in [4.69, 9.17) is 10.5 Å². The molecule has 2 rings (SSSR count). The van der Waals surface area contributed by atoms with Crippen LogP contribution >= 0.6 is 0 Å². The van der Waals surface area contributed by atoms with E-state index in [9.17, 15) is 0 Å². The van der Waals surface area contributed by atoms with Crippen LogP contribution in [0.25, 0.3) is 0 Å². The van der Waals surface area contributed by atoms with Gasteiger partial charge in [0, 0.05) is 23.9 Å². The normalized spacial score (nSPS) is 10.4. The van der Waals surface area contributed by atoms with Crippen LogP contribution in [0.15, 0.2) is 36.7 Å². The molecule has 0 fully saturated rings. The Bertz CT molecular complexity index is 465. The molecule has 0 bridgehead atoms. The van der Waals surface area contributed by atoms with Gasteiger partial charge in [0.05, 0.1) is 19.9 Å². The molecule has 0 saturated carbocycles. The average molecular weight is 217 g/mol. The first kappa shape index (κ1) is 10.7. The third-order valence-corrected chi connectivity index (χ3v) is 2.45. The van der Waals surface area contributed by atoms with E-state index in [1.165, 1.54) is 0 Å². The second-order valence-corrected chi connectivity index (χ2v) is 3.56. The molecule has 1 aromatic heterocycles. The summed E-state index contributed by atoms with van der Waals surface area (Å²) in [5, 5.41) is 4.24. The van der Waals surface area contributed by atoms with E-state index in [-0.39, 0.29) is 0 Å². The van der Waals surface area contributed by atoms with Gasteiger partial charge in [-0.25, -0.2) is 0 Å². The molecule has 0 atom stereocenters. The third-order valence-electron chi connectivity index (χ3n) is 2.45. The molecule has 1 aromatic carbocycles. The van der Waals surface area contributed by atoms with Crippen molar-refractivity contribution in [1.82, 2.24) is 9.78 Å². The van der Waals surface area contributed by atoms with Crippen LogP contribution in [0.5, 0.6) is 5.75 Å². The Kier molecular flexibility index (Phi) is 3.22. The number of benzene rings is 1. The van der Waals surface area contributed by atoms with E-state index < -0.39 is 0 Å². The molecular weight excluding hydrogens is 202 g/mol. The van der Waals surface area contributed by atoms with Crippen molar-refractivity contribution in [2.24, 2.45) is 5.73 Å². The number of rotatable bonds is 4. The molecule has 0 spiro atoms. The average Bonchev–Trinajstić information content (AvgIpc) is 2.77. The zero-order valence-electron chi connectivity index (χ0n) is 9.26. The predicted octanol–water partition coefficient (Wildman–Crippen LogP) is 1.40. The van der Waals surface area contributed by atoms with Gasteiger partial charge in [-0.05, 0) is 6.07 Å². The van der Waals surface area contributed by atoms with Crippen molar-refractivity contribution >= 4 is 0 Å². The molecule has 0 saturated heterocycles. The summed E-state index contributed by atoms with van der Waals surface area (Å²) in [6.07, 6.45) is 3.74. The first-order chi connectivity index (χ1) is 7.83. The van der Waals surface area contributed by atoms with Crippen molar-refractivity contribution in [1.29, 1.82) is 0 Å². The maximum absolute atomic E-state index is 5.53. The molecule has 4 nitrogen and oxygen atoms in total. The molecule has 16 heavy (non-hydrogen) atoms. The lowest BCUT2D eigenvalue weighted by molar-refractivity contribution is 0.407. The summed E-state index contributed by atoms with van der Waals surface area (Å²) < 4.78 is 7.15. The minimum absolute atomic E-state index is 0.520. The minimum atomic E-state index is 0.520. The van der Waals surface area contributed by atoms with Crippen molar-refractivity contribution in [3.8, 4) is 5.75 Å². The van der Waals surface area contributed by atoms with Crippen molar-refractivity contribution in [2.75, 3.05) is 7.11 Å². The monoisotopic (exact) mass is 217 g/mol. The van der Waals surface area contributed by atoms with Gasteiger partial charge in [0.1, 0.15) is 5.75 Å². The molecular formula is C12H15N3O. The van der Waals surface area contributed by atoms with Crippen LogP contribution in [0, 0.1) is 0 Å². The highest BCUT2D eigenvalue weighted by atomic mass is 16.5. The van der Waals surface area contributed by atoms with Crippen LogP contribution in [0.4, 0.5) is 0 Å². The molecule has 4 heteroatoms. The number of hydrogen-bond acceptors (Lipinski definition) is 3. The predicted molar refractivity (Wildman–Crippen MR) is 62.2 cm³/mol. The second-order valence-electron chi connectivity index (χ2n) is 3.56. The summed E-state index contributed by atoms with van der Waals surface area (Å²) in [6.45, 7) is 1.22. The topological polar surface area (TPSA) is 53.1 Å². The highest BCUT2D eigenvalue weighted by Gasteiger charge is 2.03. The summed E-state index contributed by atoms with van der Waals surface area (Å²) in [5.41, 5.74) is 7.68. The maximum atomic E-state index is 5.53. The molecule has 0 aliphatic heterocycles. The molecule has 0 amide bonds. The van der Waals surface area contributed by atoms with Crippen LogP contribution < -0.4 is 10.5 Å². The van der Waals surface area contributed by atoms with Gasteiger partial charge < -0.3 is 10.5 Å². The fourth-order valence-corrected chi connectivity index (χ4v) is 1.61. The van der Waals surface area contributed by atoms with Crippen molar-refractivity contribution in [3.63, 3.8) is 0 Å². The summed E-state index contributed by atoms with van der Waals surface area (Å²) in [4.78, 5) is 0. The number of methoxy groups -OCH3 is 1. The van der Waals surface area contributed by atoms with Gasteiger partial charge in [-0.15, -0.1) is 0 Å². The molecule has 2 aromatic rings. The fraction of sp³-hybridized carbons (Fsp3) is 0.250. The molecule has 0 unspecified atom stereocenters. The lowest BCUT2D eigenvalue weighted by Gasteiger charge is -2.07. The number of para-hydroxylation sites is 1. The van der Waals surface area contributed by atoms with Crippen LogP contribution in [-0.4, -0.2) is 16.9 Å². The van der Waals surface area contributed by atoms with Gasteiger partial charge in [0.25, 0.3) is 0 Å². The van der Waals surface area contributed by atoms with Gasteiger partial charge in [0.2, 0.25) is 0 Å². The molecule has 1 heterocycles. The quantitative estimate of drug-likeness (QED) is 0.842. The zero-order chi connectivity index (χ0) is 11.4. The summed E-state index contributed by atoms with van der Waals surface area (Å²) >= 11 is 0. The Balaban J connectivity index is 2.19. The molecule has 84 valence electrons. The molecule has 0 aliphatic rings. The minimum Gasteiger partial charge on any atom is -0.496 e. The smallest absolute Gasteiger partial charge is 0.123 e. The zero-order valence-corrected chi connectivity index (χ0v) is 9.26. The fourth-order valence-electron chi connectivity index (χ4n) is 1.61. The van der Waals surface area contributed by atoms with Gasteiger partial charge in [-0.2, -0.15) is 5.10 Å². The van der Waals surface area contributed by atoms with Crippen LogP contribution in [0.3, 0.4) is 0 Å². The lowest BCUT2D eigenvalue weighted by atomic mass is 10.2. The first-order valence-electron chi connectivity index (χ1n) is 5.17. The number of aromatic nitrogens is 2. The Morgan fingerprint density at radius 2 is 2.19 bits per heavy atom. The number of ether oxygens (including phenoxy) is 1. The van der Waals surface area contributed by atoms with Gasteiger partial charge in [-0.3, -0.25) is 4.68 Å². The van der Waals surface area contributed by atoms with E-state index in [0.29, 0.717) is 13.1 Å². The largest absolute Gasteiger partial charge is 0.496 e. The van der Waals surface area contributed by atoms with E-state index in [2.05, 4.69) is 5.10 Å². The number of nitrogens with zero attached hydrogens (tertiary/aromatic N) is 2. The van der Waals surface area contributed by atoms with Gasteiger partial charge >= 0.3 is 0 Å². The maximum Gasteiger partial charge on any atom is 0.123 e. The van der Waals surface area contributed by atoms with E-state index in [0.717, 1.165) is 16.9 Å². The Labute approximate surface area is 94.6 Å². The van der Waals surface area contributed by atoms with Crippen LogP contribution in [0.2, 0.25) is 0 Å². The van der Waals surface area contributed by atoms with E-state index in [1.54, 1.807) is 13.3 Å². The summed E-state index contributed by atoms with van der Waals surface area (Å²) in [5.74, 6) is 0.882. The molecule has 0 aliphatic carbocycles. The lowest BCUT2D eigenvalue weighted by Crippen LogP contribution is -2.02. The summed E-state index contributed by atoms with van der Waals surface area (Å²) in [6, 6.07) is 7.92. The van der Waals surface area contributed by atoms with Crippen molar-refractivity contribution < 1.29 is 4.74 Å². The van der Waals surface area contributed by atoms with E-state index in [1.807, 2.05) is 35.1 Å². The molecule has 2 N–H and O–H groups in total. The highest BCUT2D eigenvalue weighted by molar-refractivity contribution is 5.33. The highest BCUT2D eigenvalue weighted by Crippen LogP contribution is 2.18.